The van der Waals surface area contributed by atoms with Gasteiger partial charge >= 0.3 is 6.03 Å². The molecule has 5 nitrogen and oxygen atoms in total. The molecule has 3 N–H and O–H groups in total. The fourth-order valence-electron chi connectivity index (χ4n) is 3.79. The number of nitrogens with one attached hydrogen (secondary N) is 2. The lowest BCUT2D eigenvalue weighted by Crippen LogP contribution is -2.53. The van der Waals surface area contributed by atoms with Crippen molar-refractivity contribution in [3.05, 3.63) is 0 Å². The fraction of sp³-hybridized carbons (Fsp3) is 0.941. The molecule has 2 rings (SSSR count). The molecule has 22 heavy (non-hydrogen) atoms. The second kappa shape index (κ2) is 8.73. The minimum absolute atomic E-state index is 0.0489. The molecular weight excluding hydrogens is 278 g/mol. The van der Waals surface area contributed by atoms with Crippen LogP contribution in [0.1, 0.15) is 64.7 Å². The van der Waals surface area contributed by atoms with Crippen LogP contribution >= 0.6 is 0 Å². The second-order valence-electron chi connectivity index (χ2n) is 7.11. The lowest BCUT2D eigenvalue weighted by molar-refractivity contribution is 0.157. The van der Waals surface area contributed by atoms with E-state index >= 15 is 0 Å². The summed E-state index contributed by atoms with van der Waals surface area (Å²) in [6, 6.07) is 0.596. The van der Waals surface area contributed by atoms with Crippen LogP contribution in [0.15, 0.2) is 0 Å². The van der Waals surface area contributed by atoms with Crippen molar-refractivity contribution in [2.24, 2.45) is 0 Å². The van der Waals surface area contributed by atoms with Gasteiger partial charge in [-0.1, -0.05) is 19.3 Å². The predicted octanol–water partition coefficient (Wildman–Crippen LogP) is 2.25. The zero-order valence-corrected chi connectivity index (χ0v) is 14.1. The van der Waals surface area contributed by atoms with E-state index in [1.807, 2.05) is 0 Å². The number of rotatable bonds is 7. The number of nitrogens with zero attached hydrogens (tertiary/aromatic N) is 1. The van der Waals surface area contributed by atoms with E-state index in [2.05, 4.69) is 22.5 Å². The molecule has 1 saturated heterocycles. The van der Waals surface area contributed by atoms with E-state index in [1.54, 1.807) is 0 Å². The van der Waals surface area contributed by atoms with Crippen molar-refractivity contribution in [3.63, 3.8) is 0 Å². The maximum atomic E-state index is 11.9. The molecule has 0 radical (unpaired) electrons. The van der Waals surface area contributed by atoms with Crippen LogP contribution in [0.4, 0.5) is 4.79 Å². The van der Waals surface area contributed by atoms with E-state index in [-0.39, 0.29) is 18.2 Å². The number of urea groups is 1. The third-order valence-electron chi connectivity index (χ3n) is 5.34. The Balaban J connectivity index is 1.55. The fourth-order valence-corrected chi connectivity index (χ4v) is 3.79. The van der Waals surface area contributed by atoms with Gasteiger partial charge in [0.2, 0.25) is 0 Å². The Hall–Kier alpha value is -0.810. The van der Waals surface area contributed by atoms with Crippen LogP contribution in [0.5, 0.6) is 0 Å². The molecule has 5 heteroatoms. The number of hydrogen-bond donors (Lipinski definition) is 3. The molecule has 128 valence electrons. The number of amides is 2. The summed E-state index contributed by atoms with van der Waals surface area (Å²) in [6.07, 6.45) is 10.1. The molecule has 2 amide bonds. The number of unbranched alkanes of at least 4 members (excludes halogenated alkanes) is 1. The molecule has 0 bridgehead atoms. The highest BCUT2D eigenvalue weighted by Crippen LogP contribution is 2.28. The Labute approximate surface area is 134 Å². The Bertz CT molecular complexity index is 343. The van der Waals surface area contributed by atoms with Gasteiger partial charge in [0, 0.05) is 12.6 Å². The minimum atomic E-state index is -0.368. The van der Waals surface area contributed by atoms with Gasteiger partial charge in [-0.15, -0.1) is 0 Å². The summed E-state index contributed by atoms with van der Waals surface area (Å²) < 4.78 is 0. The van der Waals surface area contributed by atoms with Crippen molar-refractivity contribution in [3.8, 4) is 0 Å². The number of carbonyl (C=O) groups is 1. The second-order valence-corrected chi connectivity index (χ2v) is 7.11. The molecule has 2 fully saturated rings. The van der Waals surface area contributed by atoms with E-state index in [4.69, 9.17) is 0 Å². The van der Waals surface area contributed by atoms with E-state index in [0.29, 0.717) is 0 Å². The zero-order chi connectivity index (χ0) is 15.8. The summed E-state index contributed by atoms with van der Waals surface area (Å²) in [7, 11) is 0. The quantitative estimate of drug-likeness (QED) is 0.632. The zero-order valence-electron chi connectivity index (χ0n) is 14.1. The van der Waals surface area contributed by atoms with Gasteiger partial charge in [-0.3, -0.25) is 0 Å². The molecule has 1 atom stereocenters. The largest absolute Gasteiger partial charge is 0.394 e. The van der Waals surface area contributed by atoms with E-state index < -0.39 is 0 Å². The number of piperidine rings is 1. The molecule has 1 heterocycles. The van der Waals surface area contributed by atoms with Gasteiger partial charge < -0.3 is 20.6 Å². The standard InChI is InChI=1S/C17H33N3O2/c1-15-8-2-6-12-20(15)13-7-5-11-18-16(22)19-17(14-21)9-3-4-10-17/h15,21H,2-14H2,1H3,(H2,18,19,22). The minimum Gasteiger partial charge on any atom is -0.394 e. The Morgan fingerprint density at radius 3 is 2.68 bits per heavy atom. The maximum Gasteiger partial charge on any atom is 0.315 e. The Morgan fingerprint density at radius 2 is 2.00 bits per heavy atom. The molecule has 0 aromatic heterocycles. The lowest BCUT2D eigenvalue weighted by atomic mass is 9.99. The summed E-state index contributed by atoms with van der Waals surface area (Å²) in [5.74, 6) is 0. The van der Waals surface area contributed by atoms with Gasteiger partial charge in [-0.05, 0) is 58.5 Å². The SMILES string of the molecule is CC1CCCCN1CCCCNC(=O)NC1(CO)CCCC1. The third-order valence-corrected chi connectivity index (χ3v) is 5.34. The van der Waals surface area contributed by atoms with Crippen molar-refractivity contribution in [2.75, 3.05) is 26.2 Å². The van der Waals surface area contributed by atoms with Crippen molar-refractivity contribution in [1.29, 1.82) is 0 Å². The highest BCUT2D eigenvalue weighted by Gasteiger charge is 2.34. The molecular formula is C17H33N3O2. The van der Waals surface area contributed by atoms with E-state index in [9.17, 15) is 9.90 Å². The molecule has 1 aliphatic heterocycles. The number of hydrogen-bond acceptors (Lipinski definition) is 3. The lowest BCUT2D eigenvalue weighted by Gasteiger charge is -2.33. The normalized spacial score (nSPS) is 25.1. The first-order valence-electron chi connectivity index (χ1n) is 9.06. The summed E-state index contributed by atoms with van der Waals surface area (Å²) in [5, 5.41) is 15.4. The predicted molar refractivity (Wildman–Crippen MR) is 88.9 cm³/mol. The molecule has 0 aromatic rings. The summed E-state index contributed by atoms with van der Waals surface area (Å²) in [5.41, 5.74) is -0.368. The van der Waals surface area contributed by atoms with Crippen molar-refractivity contribution >= 4 is 6.03 Å². The molecule has 2 aliphatic rings. The van der Waals surface area contributed by atoms with Gasteiger partial charge in [0.25, 0.3) is 0 Å². The van der Waals surface area contributed by atoms with Gasteiger partial charge in [0.15, 0.2) is 0 Å². The van der Waals surface area contributed by atoms with Crippen molar-refractivity contribution in [2.45, 2.75) is 76.3 Å². The molecule has 1 saturated carbocycles. The number of aliphatic hydroxyl groups excluding tert-OH is 1. The summed E-state index contributed by atoms with van der Waals surface area (Å²) in [4.78, 5) is 14.5. The van der Waals surface area contributed by atoms with Crippen molar-refractivity contribution in [1.82, 2.24) is 15.5 Å². The summed E-state index contributed by atoms with van der Waals surface area (Å²) in [6.45, 7) is 5.46. The van der Waals surface area contributed by atoms with Gasteiger partial charge in [0.1, 0.15) is 0 Å². The third kappa shape index (κ3) is 5.13. The van der Waals surface area contributed by atoms with Gasteiger partial charge in [0.05, 0.1) is 12.1 Å². The number of carbonyl (C=O) groups excluding carboxylic acids is 1. The van der Waals surface area contributed by atoms with Gasteiger partial charge in [-0.2, -0.15) is 0 Å². The van der Waals surface area contributed by atoms with Crippen LogP contribution in [-0.4, -0.2) is 53.9 Å². The maximum absolute atomic E-state index is 11.9. The van der Waals surface area contributed by atoms with Crippen LogP contribution in [0.2, 0.25) is 0 Å². The van der Waals surface area contributed by atoms with Crippen LogP contribution in [0.3, 0.4) is 0 Å². The topological polar surface area (TPSA) is 64.6 Å². The van der Waals surface area contributed by atoms with Crippen LogP contribution in [0, 0.1) is 0 Å². The number of likely N-dealkylation sites (tertiary alicyclic amines) is 1. The Kier molecular flexibility index (Phi) is 6.96. The number of aliphatic hydroxyl groups is 1. The molecule has 1 unspecified atom stereocenters. The van der Waals surface area contributed by atoms with Crippen LogP contribution < -0.4 is 10.6 Å². The van der Waals surface area contributed by atoms with E-state index in [1.165, 1.54) is 25.8 Å². The van der Waals surface area contributed by atoms with Gasteiger partial charge in [-0.25, -0.2) is 4.79 Å². The monoisotopic (exact) mass is 311 g/mol. The smallest absolute Gasteiger partial charge is 0.315 e. The molecule has 1 aliphatic carbocycles. The highest BCUT2D eigenvalue weighted by atomic mass is 16.3. The molecule has 0 aromatic carbocycles. The van der Waals surface area contributed by atoms with Crippen LogP contribution in [-0.2, 0) is 0 Å². The highest BCUT2D eigenvalue weighted by molar-refractivity contribution is 5.74. The summed E-state index contributed by atoms with van der Waals surface area (Å²) >= 11 is 0. The first-order chi connectivity index (χ1) is 10.7. The molecule has 0 spiro atoms. The Morgan fingerprint density at radius 1 is 1.23 bits per heavy atom. The average Bonchev–Trinajstić information content (AvgIpc) is 2.97. The van der Waals surface area contributed by atoms with Crippen molar-refractivity contribution < 1.29 is 9.90 Å². The van der Waals surface area contributed by atoms with Crippen LogP contribution in [0.25, 0.3) is 0 Å². The first kappa shape index (κ1) is 17.5. The first-order valence-corrected chi connectivity index (χ1v) is 9.06. The average molecular weight is 311 g/mol. The van der Waals surface area contributed by atoms with E-state index in [0.717, 1.165) is 57.7 Å².